The summed E-state index contributed by atoms with van der Waals surface area (Å²) >= 11 is 4.77. The molecule has 0 amide bonds. The molecule has 2 unspecified atom stereocenters. The van der Waals surface area contributed by atoms with Crippen LogP contribution >= 0.6 is 12.6 Å². The molecule has 4 rings (SSSR count). The zero-order chi connectivity index (χ0) is 22.0. The summed E-state index contributed by atoms with van der Waals surface area (Å²) in [6.45, 7) is 3.64. The molecule has 0 spiro atoms. The first-order chi connectivity index (χ1) is 14.9. The Morgan fingerprint density at radius 1 is 1.10 bits per heavy atom. The van der Waals surface area contributed by atoms with Gasteiger partial charge in [-0.05, 0) is 56.8 Å². The smallest absolute Gasteiger partial charge is 0.306 e. The van der Waals surface area contributed by atoms with Crippen LogP contribution in [0.5, 0.6) is 0 Å². The van der Waals surface area contributed by atoms with Crippen LogP contribution in [0.15, 0.2) is 35.9 Å². The summed E-state index contributed by atoms with van der Waals surface area (Å²) in [5.41, 5.74) is 1.65. The second-order valence-corrected chi connectivity index (χ2v) is 9.69. The van der Waals surface area contributed by atoms with Crippen LogP contribution in [0.25, 0.3) is 0 Å². The maximum Gasteiger partial charge on any atom is 0.306 e. The summed E-state index contributed by atoms with van der Waals surface area (Å²) in [4.78, 5) is 28.7. The van der Waals surface area contributed by atoms with Crippen molar-refractivity contribution < 1.29 is 19.1 Å². The molecule has 2 saturated heterocycles. The average Bonchev–Trinajstić information content (AvgIpc) is 3.61. The number of carboxylic acid groups (broad SMARTS) is 1. The Kier molecular flexibility index (Phi) is 7.14. The van der Waals surface area contributed by atoms with Crippen molar-refractivity contribution in [1.29, 1.82) is 0 Å². The highest BCUT2D eigenvalue weighted by Gasteiger charge is 2.40. The molecule has 1 saturated carbocycles. The summed E-state index contributed by atoms with van der Waals surface area (Å²) in [5, 5.41) is 9.31. The van der Waals surface area contributed by atoms with Crippen molar-refractivity contribution in [2.75, 3.05) is 32.7 Å². The van der Waals surface area contributed by atoms with Crippen LogP contribution in [0, 0.1) is 17.7 Å². The molecule has 2 aliphatic heterocycles. The highest BCUT2D eigenvalue weighted by molar-refractivity contribution is 7.81. The van der Waals surface area contributed by atoms with Crippen molar-refractivity contribution in [1.82, 2.24) is 9.80 Å². The van der Waals surface area contributed by atoms with Crippen LogP contribution in [0.4, 0.5) is 4.39 Å². The fourth-order valence-electron chi connectivity index (χ4n) is 4.74. The van der Waals surface area contributed by atoms with E-state index >= 15 is 0 Å². The Morgan fingerprint density at radius 3 is 2.45 bits per heavy atom. The minimum atomic E-state index is -0.698. The highest BCUT2D eigenvalue weighted by atomic mass is 32.1. The molecule has 2 heterocycles. The number of benzene rings is 1. The SMILES string of the molecule is O=C(O)C1CCN(CC=C2CN(C(C(=O)C3CC3)c3ccccc3F)CCC2S)CC1. The number of rotatable bonds is 7. The van der Waals surface area contributed by atoms with Crippen molar-refractivity contribution in [2.24, 2.45) is 11.8 Å². The van der Waals surface area contributed by atoms with Gasteiger partial charge in [-0.1, -0.05) is 24.3 Å². The molecule has 0 bridgehead atoms. The fraction of sp³-hybridized carbons (Fsp3) is 0.583. The molecule has 0 aromatic heterocycles. The molecule has 7 heteroatoms. The van der Waals surface area contributed by atoms with Crippen molar-refractivity contribution in [2.45, 2.75) is 43.4 Å². The first-order valence-corrected chi connectivity index (χ1v) is 11.8. The number of Topliss-reactive ketones (excluding diaryl/α,β-unsaturated/α-hetero) is 1. The molecular formula is C24H31FN2O3S. The Labute approximate surface area is 188 Å². The lowest BCUT2D eigenvalue weighted by atomic mass is 9.93. The van der Waals surface area contributed by atoms with Gasteiger partial charge >= 0.3 is 5.97 Å². The normalized spacial score (nSPS) is 26.1. The Bertz CT molecular complexity index is 849. The molecule has 2 atom stereocenters. The fourth-order valence-corrected chi connectivity index (χ4v) is 5.04. The summed E-state index contributed by atoms with van der Waals surface area (Å²) in [5.74, 6) is -1.06. The third-order valence-electron chi connectivity index (χ3n) is 6.87. The van der Waals surface area contributed by atoms with E-state index in [1.54, 1.807) is 18.2 Å². The second-order valence-electron chi connectivity index (χ2n) is 9.07. The number of hydrogen-bond donors (Lipinski definition) is 2. The molecule has 1 N–H and O–H groups in total. The average molecular weight is 447 g/mol. The van der Waals surface area contributed by atoms with E-state index in [-0.39, 0.29) is 28.7 Å². The van der Waals surface area contributed by atoms with E-state index in [2.05, 4.69) is 15.9 Å². The van der Waals surface area contributed by atoms with Gasteiger partial charge < -0.3 is 5.11 Å². The molecule has 168 valence electrons. The minimum absolute atomic E-state index is 0.0568. The number of thiol groups is 1. The summed E-state index contributed by atoms with van der Waals surface area (Å²) in [6, 6.07) is 6.10. The number of nitrogens with zero attached hydrogens (tertiary/aromatic N) is 2. The van der Waals surface area contributed by atoms with Gasteiger partial charge in [0.15, 0.2) is 5.78 Å². The van der Waals surface area contributed by atoms with Crippen molar-refractivity contribution in [3.63, 3.8) is 0 Å². The lowest BCUT2D eigenvalue weighted by Crippen LogP contribution is -2.43. The van der Waals surface area contributed by atoms with Crippen LogP contribution < -0.4 is 0 Å². The number of ketones is 1. The van der Waals surface area contributed by atoms with E-state index in [1.807, 2.05) is 0 Å². The number of halogens is 1. The van der Waals surface area contributed by atoms with E-state index in [9.17, 15) is 19.1 Å². The second kappa shape index (κ2) is 9.84. The van der Waals surface area contributed by atoms with Gasteiger partial charge in [-0.2, -0.15) is 12.6 Å². The van der Waals surface area contributed by atoms with Crippen LogP contribution in [0.3, 0.4) is 0 Å². The van der Waals surface area contributed by atoms with Crippen LogP contribution in [-0.4, -0.2) is 64.6 Å². The molecule has 0 radical (unpaired) electrons. The third kappa shape index (κ3) is 5.38. The number of aliphatic carboxylic acids is 1. The quantitative estimate of drug-likeness (QED) is 0.495. The van der Waals surface area contributed by atoms with Gasteiger partial charge in [-0.3, -0.25) is 19.4 Å². The van der Waals surface area contributed by atoms with Gasteiger partial charge in [0.25, 0.3) is 0 Å². The van der Waals surface area contributed by atoms with E-state index in [0.717, 1.165) is 38.9 Å². The maximum atomic E-state index is 14.6. The number of carboxylic acids is 1. The monoisotopic (exact) mass is 446 g/mol. The van der Waals surface area contributed by atoms with Gasteiger partial charge in [0.2, 0.25) is 0 Å². The zero-order valence-corrected chi connectivity index (χ0v) is 18.6. The van der Waals surface area contributed by atoms with Crippen molar-refractivity contribution in [3.05, 3.63) is 47.3 Å². The van der Waals surface area contributed by atoms with E-state index < -0.39 is 12.0 Å². The first kappa shape index (κ1) is 22.5. The molecule has 31 heavy (non-hydrogen) atoms. The van der Waals surface area contributed by atoms with Gasteiger partial charge in [0.1, 0.15) is 5.82 Å². The first-order valence-electron chi connectivity index (χ1n) is 11.3. The standard InChI is InChI=1S/C24H31FN2O3S/c25-20-4-2-1-3-19(20)22(23(28)16-5-6-16)27-14-10-21(31)18(15-27)9-13-26-11-7-17(8-12-26)24(29)30/h1-4,9,16-17,21-22,31H,5-8,10-15H2,(H,29,30). The largest absolute Gasteiger partial charge is 0.481 e. The van der Waals surface area contributed by atoms with E-state index in [0.29, 0.717) is 31.5 Å². The lowest BCUT2D eigenvalue weighted by Gasteiger charge is -2.38. The van der Waals surface area contributed by atoms with Gasteiger partial charge in [0.05, 0.1) is 12.0 Å². The van der Waals surface area contributed by atoms with Gasteiger partial charge in [0, 0.05) is 36.4 Å². The molecule has 5 nitrogen and oxygen atoms in total. The topological polar surface area (TPSA) is 60.9 Å². The highest BCUT2D eigenvalue weighted by Crippen LogP contribution is 2.39. The van der Waals surface area contributed by atoms with Crippen LogP contribution in [-0.2, 0) is 9.59 Å². The summed E-state index contributed by atoms with van der Waals surface area (Å²) in [7, 11) is 0. The lowest BCUT2D eigenvalue weighted by molar-refractivity contribution is -0.143. The Hall–Kier alpha value is -1.70. The summed E-state index contributed by atoms with van der Waals surface area (Å²) < 4.78 is 14.6. The molecule has 1 aromatic rings. The maximum absolute atomic E-state index is 14.6. The molecule has 3 aliphatic rings. The Balaban J connectivity index is 1.46. The third-order valence-corrected chi connectivity index (χ3v) is 7.46. The number of carbonyl (C=O) groups is 2. The van der Waals surface area contributed by atoms with E-state index in [4.69, 9.17) is 12.6 Å². The number of carbonyl (C=O) groups excluding carboxylic acids is 1. The molecular weight excluding hydrogens is 415 g/mol. The Morgan fingerprint density at radius 2 is 1.81 bits per heavy atom. The zero-order valence-electron chi connectivity index (χ0n) is 17.8. The number of likely N-dealkylation sites (tertiary alicyclic amines) is 2. The molecule has 3 fully saturated rings. The predicted octanol–water partition coefficient (Wildman–Crippen LogP) is 3.57. The number of piperidine rings is 2. The molecule has 1 aliphatic carbocycles. The van der Waals surface area contributed by atoms with Gasteiger partial charge in [-0.25, -0.2) is 4.39 Å². The van der Waals surface area contributed by atoms with Crippen molar-refractivity contribution in [3.8, 4) is 0 Å². The van der Waals surface area contributed by atoms with Gasteiger partial charge in [-0.15, -0.1) is 0 Å². The van der Waals surface area contributed by atoms with Crippen molar-refractivity contribution >= 4 is 24.4 Å². The van der Waals surface area contributed by atoms with E-state index in [1.165, 1.54) is 11.6 Å². The summed E-state index contributed by atoms with van der Waals surface area (Å²) in [6.07, 6.45) is 6.17. The molecule has 1 aromatic carbocycles. The van der Waals surface area contributed by atoms with Crippen LogP contribution in [0.1, 0.15) is 43.7 Å². The van der Waals surface area contributed by atoms with Crippen LogP contribution in [0.2, 0.25) is 0 Å². The number of hydrogen-bond acceptors (Lipinski definition) is 5. The minimum Gasteiger partial charge on any atom is -0.481 e. The predicted molar refractivity (Wildman–Crippen MR) is 121 cm³/mol.